The number of ether oxygens (including phenoxy) is 1. The Morgan fingerprint density at radius 2 is 2.00 bits per heavy atom. The summed E-state index contributed by atoms with van der Waals surface area (Å²) in [6, 6.07) is 7.00. The molecular formula is C13H18N2O4S. The Hall–Kier alpha value is -1.76. The summed E-state index contributed by atoms with van der Waals surface area (Å²) in [6.45, 7) is 0.810. The fourth-order valence-corrected chi connectivity index (χ4v) is 3.18. The lowest BCUT2D eigenvalue weighted by atomic mass is 10.3. The van der Waals surface area contributed by atoms with E-state index < -0.39 is 9.84 Å². The molecular weight excluding hydrogens is 280 g/mol. The van der Waals surface area contributed by atoms with Gasteiger partial charge in [-0.2, -0.15) is 0 Å². The third-order valence-corrected chi connectivity index (χ3v) is 4.75. The molecule has 0 atom stereocenters. The van der Waals surface area contributed by atoms with E-state index in [1.807, 2.05) is 0 Å². The molecule has 0 saturated carbocycles. The Labute approximate surface area is 118 Å². The summed E-state index contributed by atoms with van der Waals surface area (Å²) in [5.41, 5.74) is 6.23. The van der Waals surface area contributed by atoms with Gasteiger partial charge >= 0.3 is 0 Å². The summed E-state index contributed by atoms with van der Waals surface area (Å²) in [4.78, 5) is 13.5. The van der Waals surface area contributed by atoms with Gasteiger partial charge in [0, 0.05) is 24.8 Å². The number of benzene rings is 1. The average molecular weight is 298 g/mol. The lowest BCUT2D eigenvalue weighted by Gasteiger charge is -2.26. The zero-order valence-corrected chi connectivity index (χ0v) is 11.9. The highest BCUT2D eigenvalue weighted by atomic mass is 32.2. The van der Waals surface area contributed by atoms with E-state index in [0.717, 1.165) is 0 Å². The van der Waals surface area contributed by atoms with Gasteiger partial charge in [0.2, 0.25) is 5.91 Å². The van der Waals surface area contributed by atoms with Crippen molar-refractivity contribution in [2.45, 2.75) is 6.42 Å². The van der Waals surface area contributed by atoms with Gasteiger partial charge in [-0.3, -0.25) is 4.79 Å². The number of amides is 1. The number of hydrogen-bond donors (Lipinski definition) is 1. The topological polar surface area (TPSA) is 89.7 Å². The summed E-state index contributed by atoms with van der Waals surface area (Å²) in [5.74, 6) is 0.645. The number of rotatable bonds is 4. The Kier molecular flexibility index (Phi) is 4.49. The van der Waals surface area contributed by atoms with Crippen LogP contribution in [-0.2, 0) is 14.6 Å². The highest BCUT2D eigenvalue weighted by molar-refractivity contribution is 7.91. The Morgan fingerprint density at radius 1 is 1.30 bits per heavy atom. The molecule has 20 heavy (non-hydrogen) atoms. The molecule has 6 nitrogen and oxygen atoms in total. The van der Waals surface area contributed by atoms with Gasteiger partial charge in [-0.15, -0.1) is 0 Å². The number of anilines is 1. The standard InChI is InChI=1S/C13H18N2O4S/c14-11-2-1-3-12(10-11)19-7-4-13(16)15-5-8-20(17,18)9-6-15/h1-3,10H,4-9,14H2. The van der Waals surface area contributed by atoms with Crippen LogP contribution in [0, 0.1) is 0 Å². The molecule has 1 aromatic rings. The van der Waals surface area contributed by atoms with Crippen molar-refractivity contribution >= 4 is 21.4 Å². The highest BCUT2D eigenvalue weighted by Crippen LogP contribution is 2.14. The fraction of sp³-hybridized carbons (Fsp3) is 0.462. The van der Waals surface area contributed by atoms with Crippen LogP contribution in [0.25, 0.3) is 0 Å². The molecule has 7 heteroatoms. The van der Waals surface area contributed by atoms with E-state index in [9.17, 15) is 13.2 Å². The molecule has 1 aliphatic heterocycles. The van der Waals surface area contributed by atoms with Crippen LogP contribution in [0.2, 0.25) is 0 Å². The number of nitrogens with two attached hydrogens (primary N) is 1. The number of hydrogen-bond acceptors (Lipinski definition) is 5. The molecule has 1 amide bonds. The van der Waals surface area contributed by atoms with E-state index in [1.165, 1.54) is 0 Å². The maximum absolute atomic E-state index is 11.9. The zero-order valence-electron chi connectivity index (χ0n) is 11.1. The van der Waals surface area contributed by atoms with Crippen molar-refractivity contribution < 1.29 is 17.9 Å². The summed E-state index contributed by atoms with van der Waals surface area (Å²) >= 11 is 0. The second kappa shape index (κ2) is 6.13. The van der Waals surface area contributed by atoms with Gasteiger partial charge in [-0.1, -0.05) is 6.07 Å². The molecule has 1 aliphatic rings. The van der Waals surface area contributed by atoms with Crippen LogP contribution in [0.1, 0.15) is 6.42 Å². The van der Waals surface area contributed by atoms with Crippen LogP contribution in [-0.4, -0.2) is 50.4 Å². The Bertz CT molecular complexity index is 572. The van der Waals surface area contributed by atoms with Gasteiger partial charge in [0.15, 0.2) is 9.84 Å². The van der Waals surface area contributed by atoms with Crippen LogP contribution in [0.4, 0.5) is 5.69 Å². The summed E-state index contributed by atoms with van der Waals surface area (Å²) < 4.78 is 28.0. The molecule has 0 aromatic heterocycles. The molecule has 0 unspecified atom stereocenters. The third-order valence-electron chi connectivity index (χ3n) is 3.14. The first-order valence-corrected chi connectivity index (χ1v) is 8.25. The monoisotopic (exact) mass is 298 g/mol. The van der Waals surface area contributed by atoms with Gasteiger partial charge in [-0.25, -0.2) is 8.42 Å². The highest BCUT2D eigenvalue weighted by Gasteiger charge is 2.24. The molecule has 0 aliphatic carbocycles. The number of carbonyl (C=O) groups excluding carboxylic acids is 1. The lowest BCUT2D eigenvalue weighted by Crippen LogP contribution is -2.44. The van der Waals surface area contributed by atoms with Crippen LogP contribution in [0.3, 0.4) is 0 Å². The van der Waals surface area contributed by atoms with Crippen molar-refractivity contribution in [3.8, 4) is 5.75 Å². The van der Waals surface area contributed by atoms with Crippen molar-refractivity contribution in [1.29, 1.82) is 0 Å². The van der Waals surface area contributed by atoms with Gasteiger partial charge in [0.25, 0.3) is 0 Å². The van der Waals surface area contributed by atoms with Gasteiger partial charge in [0.05, 0.1) is 24.5 Å². The molecule has 1 heterocycles. The van der Waals surface area contributed by atoms with Crippen LogP contribution in [0.15, 0.2) is 24.3 Å². The van der Waals surface area contributed by atoms with Gasteiger partial charge in [-0.05, 0) is 12.1 Å². The largest absolute Gasteiger partial charge is 0.493 e. The minimum atomic E-state index is -2.96. The van der Waals surface area contributed by atoms with E-state index in [2.05, 4.69) is 0 Å². The predicted molar refractivity (Wildman–Crippen MR) is 76.2 cm³/mol. The first-order chi connectivity index (χ1) is 9.46. The van der Waals surface area contributed by atoms with Crippen molar-refractivity contribution in [2.24, 2.45) is 0 Å². The maximum Gasteiger partial charge on any atom is 0.226 e. The first-order valence-electron chi connectivity index (χ1n) is 6.43. The minimum Gasteiger partial charge on any atom is -0.493 e. The lowest BCUT2D eigenvalue weighted by molar-refractivity contribution is -0.131. The quantitative estimate of drug-likeness (QED) is 0.807. The number of carbonyl (C=O) groups is 1. The van der Waals surface area contributed by atoms with Crippen molar-refractivity contribution in [3.05, 3.63) is 24.3 Å². The predicted octanol–water partition coefficient (Wildman–Crippen LogP) is 0.295. The summed E-state index contributed by atoms with van der Waals surface area (Å²) in [7, 11) is -2.96. The van der Waals surface area contributed by atoms with E-state index in [0.29, 0.717) is 11.4 Å². The molecule has 1 saturated heterocycles. The van der Waals surface area contributed by atoms with Crippen LogP contribution in [0.5, 0.6) is 5.75 Å². The molecule has 1 aromatic carbocycles. The molecule has 0 radical (unpaired) electrons. The SMILES string of the molecule is Nc1cccc(OCCC(=O)N2CCS(=O)(=O)CC2)c1. The molecule has 110 valence electrons. The Morgan fingerprint density at radius 3 is 2.65 bits per heavy atom. The number of sulfone groups is 1. The first kappa shape index (κ1) is 14.6. The minimum absolute atomic E-state index is 0.0504. The number of nitrogens with zero attached hydrogens (tertiary/aromatic N) is 1. The van der Waals surface area contributed by atoms with Crippen molar-refractivity contribution in [3.63, 3.8) is 0 Å². The molecule has 2 rings (SSSR count). The van der Waals surface area contributed by atoms with Gasteiger partial charge in [0.1, 0.15) is 5.75 Å². The zero-order chi connectivity index (χ0) is 14.6. The molecule has 1 fully saturated rings. The third kappa shape index (κ3) is 4.12. The van der Waals surface area contributed by atoms with E-state index >= 15 is 0 Å². The van der Waals surface area contributed by atoms with Crippen LogP contribution < -0.4 is 10.5 Å². The average Bonchev–Trinajstić information content (AvgIpc) is 2.38. The normalized spacial score (nSPS) is 17.7. The maximum atomic E-state index is 11.9. The summed E-state index contributed by atoms with van der Waals surface area (Å²) in [6.07, 6.45) is 0.231. The van der Waals surface area contributed by atoms with Gasteiger partial charge < -0.3 is 15.4 Å². The van der Waals surface area contributed by atoms with E-state index in [4.69, 9.17) is 10.5 Å². The van der Waals surface area contributed by atoms with E-state index in [1.54, 1.807) is 29.2 Å². The van der Waals surface area contributed by atoms with Crippen molar-refractivity contribution in [2.75, 3.05) is 36.9 Å². The van der Waals surface area contributed by atoms with Crippen LogP contribution >= 0.6 is 0 Å². The fourth-order valence-electron chi connectivity index (χ4n) is 1.98. The smallest absolute Gasteiger partial charge is 0.226 e. The number of nitrogen functional groups attached to an aromatic ring is 1. The van der Waals surface area contributed by atoms with Crippen molar-refractivity contribution in [1.82, 2.24) is 4.90 Å². The second-order valence-electron chi connectivity index (χ2n) is 4.70. The summed E-state index contributed by atoms with van der Waals surface area (Å²) in [5, 5.41) is 0. The molecule has 0 spiro atoms. The van der Waals surface area contributed by atoms with E-state index in [-0.39, 0.29) is 43.5 Å². The second-order valence-corrected chi connectivity index (χ2v) is 7.01. The molecule has 2 N–H and O–H groups in total. The Balaban J connectivity index is 1.76. The molecule has 0 bridgehead atoms.